The second-order valence-electron chi connectivity index (χ2n) is 7.55. The number of hydrogen-bond acceptors (Lipinski definition) is 4. The Labute approximate surface area is 158 Å². The van der Waals surface area contributed by atoms with Crippen LogP contribution < -0.4 is 5.32 Å². The zero-order valence-electron chi connectivity index (χ0n) is 15.2. The summed E-state index contributed by atoms with van der Waals surface area (Å²) < 4.78 is 26.1. The van der Waals surface area contributed by atoms with Crippen LogP contribution >= 0.6 is 12.4 Å². The van der Waals surface area contributed by atoms with Crippen molar-refractivity contribution in [3.63, 3.8) is 0 Å². The predicted octanol–water partition coefficient (Wildman–Crippen LogP) is 1.60. The molecule has 3 rings (SSSR count). The molecular formula is C17H32ClN3O3S. The van der Waals surface area contributed by atoms with Gasteiger partial charge in [0.25, 0.3) is 0 Å². The smallest absolute Gasteiger partial charge is 0.225 e. The van der Waals surface area contributed by atoms with E-state index in [-0.39, 0.29) is 30.0 Å². The molecule has 3 aliphatic heterocycles. The van der Waals surface area contributed by atoms with E-state index >= 15 is 0 Å². The summed E-state index contributed by atoms with van der Waals surface area (Å²) >= 11 is 0. The highest BCUT2D eigenvalue weighted by molar-refractivity contribution is 7.89. The maximum atomic E-state index is 12.8. The molecule has 1 N–H and O–H groups in total. The summed E-state index contributed by atoms with van der Waals surface area (Å²) in [4.78, 5) is 14.9. The number of halogens is 1. The Hall–Kier alpha value is -0.370. The molecule has 0 radical (unpaired) electrons. The molecule has 2 unspecified atom stereocenters. The van der Waals surface area contributed by atoms with Gasteiger partial charge < -0.3 is 10.2 Å². The summed E-state index contributed by atoms with van der Waals surface area (Å²) in [5.41, 5.74) is 0. The van der Waals surface area contributed by atoms with E-state index in [1.807, 2.05) is 11.8 Å². The van der Waals surface area contributed by atoms with E-state index in [2.05, 4.69) is 5.32 Å². The number of amides is 1. The van der Waals surface area contributed by atoms with Gasteiger partial charge in [0.2, 0.25) is 15.9 Å². The molecule has 0 aliphatic carbocycles. The van der Waals surface area contributed by atoms with E-state index in [1.54, 1.807) is 4.31 Å². The number of unbranched alkanes of at least 4 members (excludes halogenated alkanes) is 1. The molecule has 0 spiro atoms. The third-order valence-corrected chi connectivity index (χ3v) is 7.74. The minimum Gasteiger partial charge on any atom is -0.341 e. The number of likely N-dealkylation sites (tertiary alicyclic amines) is 1. The highest BCUT2D eigenvalue weighted by Gasteiger charge is 2.36. The van der Waals surface area contributed by atoms with Crippen molar-refractivity contribution in [2.24, 2.45) is 5.92 Å². The van der Waals surface area contributed by atoms with Gasteiger partial charge in [-0.2, -0.15) is 0 Å². The Morgan fingerprint density at radius 3 is 2.40 bits per heavy atom. The lowest BCUT2D eigenvalue weighted by Gasteiger charge is -2.34. The fourth-order valence-corrected chi connectivity index (χ4v) is 5.92. The van der Waals surface area contributed by atoms with Crippen LogP contribution in [0.4, 0.5) is 0 Å². The van der Waals surface area contributed by atoms with Gasteiger partial charge in [-0.1, -0.05) is 13.3 Å². The molecule has 8 heteroatoms. The van der Waals surface area contributed by atoms with Crippen LogP contribution in [0.1, 0.15) is 51.9 Å². The topological polar surface area (TPSA) is 69.7 Å². The molecule has 0 aromatic carbocycles. The second kappa shape index (κ2) is 9.02. The molecule has 3 aliphatic rings. The molecule has 0 aromatic rings. The Bertz CT molecular complexity index is 549. The van der Waals surface area contributed by atoms with Crippen molar-refractivity contribution in [2.75, 3.05) is 31.9 Å². The number of hydrogen-bond donors (Lipinski definition) is 1. The number of fused-ring (bicyclic) bond motifs is 2. The molecule has 2 atom stereocenters. The third-order valence-electron chi connectivity index (χ3n) is 5.79. The van der Waals surface area contributed by atoms with Gasteiger partial charge >= 0.3 is 0 Å². The first-order valence-electron chi connectivity index (χ1n) is 9.52. The zero-order valence-corrected chi connectivity index (χ0v) is 16.8. The van der Waals surface area contributed by atoms with Gasteiger partial charge in [0.1, 0.15) is 0 Å². The zero-order chi connectivity index (χ0) is 17.2. The van der Waals surface area contributed by atoms with Crippen LogP contribution in [0.3, 0.4) is 0 Å². The largest absolute Gasteiger partial charge is 0.341 e. The number of carbonyl (C=O) groups is 1. The molecular weight excluding hydrogens is 362 g/mol. The second-order valence-corrected chi connectivity index (χ2v) is 9.64. The van der Waals surface area contributed by atoms with Gasteiger partial charge in [0, 0.05) is 44.2 Å². The Kier molecular flexibility index (Phi) is 7.55. The number of piperidine rings is 1. The van der Waals surface area contributed by atoms with Crippen LogP contribution in [0, 0.1) is 5.92 Å². The monoisotopic (exact) mass is 393 g/mol. The summed E-state index contributed by atoms with van der Waals surface area (Å²) in [7, 11) is -3.13. The van der Waals surface area contributed by atoms with Crippen molar-refractivity contribution < 1.29 is 13.2 Å². The Morgan fingerprint density at radius 1 is 1.04 bits per heavy atom. The van der Waals surface area contributed by atoms with Crippen molar-refractivity contribution in [1.82, 2.24) is 14.5 Å². The lowest BCUT2D eigenvalue weighted by atomic mass is 9.95. The standard InChI is InChI=1S/C17H31N3O3S.ClH/c1-2-3-12-24(22,23)20-10-6-14(7-11-20)17(21)19-9-8-15-4-5-16(13-19)18-15;/h14-16,18H,2-13H2,1H3;1H. The summed E-state index contributed by atoms with van der Waals surface area (Å²) in [5, 5.41) is 3.61. The number of nitrogens with zero attached hydrogens (tertiary/aromatic N) is 2. The molecule has 0 saturated carbocycles. The van der Waals surface area contributed by atoms with E-state index in [0.717, 1.165) is 25.9 Å². The molecule has 2 bridgehead atoms. The van der Waals surface area contributed by atoms with E-state index in [0.29, 0.717) is 44.4 Å². The Balaban J connectivity index is 0.00000225. The van der Waals surface area contributed by atoms with Crippen LogP contribution in [0.2, 0.25) is 0 Å². The van der Waals surface area contributed by atoms with E-state index < -0.39 is 10.0 Å². The highest BCUT2D eigenvalue weighted by Crippen LogP contribution is 2.26. The fraction of sp³-hybridized carbons (Fsp3) is 0.941. The number of nitrogens with one attached hydrogen (secondary N) is 1. The molecule has 25 heavy (non-hydrogen) atoms. The molecule has 6 nitrogen and oxygen atoms in total. The number of carbonyl (C=O) groups excluding carboxylic acids is 1. The average molecular weight is 394 g/mol. The van der Waals surface area contributed by atoms with Crippen molar-refractivity contribution in [3.8, 4) is 0 Å². The van der Waals surface area contributed by atoms with Crippen LogP contribution in [-0.4, -0.2) is 67.5 Å². The lowest BCUT2D eigenvalue weighted by Crippen LogP contribution is -2.46. The molecule has 3 fully saturated rings. The van der Waals surface area contributed by atoms with Gasteiger partial charge in [-0.3, -0.25) is 4.79 Å². The fourth-order valence-electron chi connectivity index (χ4n) is 4.24. The SMILES string of the molecule is CCCCS(=O)(=O)N1CCC(C(=O)N2CCC3CCC(C2)N3)CC1.Cl. The normalized spacial score (nSPS) is 28.4. The molecule has 3 heterocycles. The number of sulfonamides is 1. The van der Waals surface area contributed by atoms with Crippen molar-refractivity contribution >= 4 is 28.3 Å². The van der Waals surface area contributed by atoms with E-state index in [4.69, 9.17) is 0 Å². The molecule has 1 amide bonds. The maximum Gasteiger partial charge on any atom is 0.225 e. The summed E-state index contributed by atoms with van der Waals surface area (Å²) in [5.74, 6) is 0.484. The van der Waals surface area contributed by atoms with Gasteiger partial charge in [0.05, 0.1) is 5.75 Å². The molecule has 3 saturated heterocycles. The summed E-state index contributed by atoms with van der Waals surface area (Å²) in [6, 6.07) is 1.04. The summed E-state index contributed by atoms with van der Waals surface area (Å²) in [6.07, 6.45) is 6.39. The van der Waals surface area contributed by atoms with Crippen LogP contribution in [-0.2, 0) is 14.8 Å². The van der Waals surface area contributed by atoms with Gasteiger partial charge in [-0.25, -0.2) is 12.7 Å². The highest BCUT2D eigenvalue weighted by atomic mass is 35.5. The maximum absolute atomic E-state index is 12.8. The first-order chi connectivity index (χ1) is 11.5. The first kappa shape index (κ1) is 20.9. The molecule has 146 valence electrons. The van der Waals surface area contributed by atoms with Gasteiger partial charge in [0.15, 0.2) is 0 Å². The van der Waals surface area contributed by atoms with Crippen LogP contribution in [0.25, 0.3) is 0 Å². The summed E-state index contributed by atoms with van der Waals surface area (Å²) in [6.45, 7) is 4.68. The van der Waals surface area contributed by atoms with Crippen LogP contribution in [0.5, 0.6) is 0 Å². The van der Waals surface area contributed by atoms with Crippen molar-refractivity contribution in [2.45, 2.75) is 64.0 Å². The van der Waals surface area contributed by atoms with E-state index in [1.165, 1.54) is 12.8 Å². The minimum absolute atomic E-state index is 0. The molecule has 0 aromatic heterocycles. The average Bonchev–Trinajstić information content (AvgIpc) is 2.91. The van der Waals surface area contributed by atoms with E-state index in [9.17, 15) is 13.2 Å². The third kappa shape index (κ3) is 5.08. The quantitative estimate of drug-likeness (QED) is 0.770. The van der Waals surface area contributed by atoms with Crippen LogP contribution in [0.15, 0.2) is 0 Å². The van der Waals surface area contributed by atoms with Crippen molar-refractivity contribution in [1.29, 1.82) is 0 Å². The lowest BCUT2D eigenvalue weighted by molar-refractivity contribution is -0.137. The van der Waals surface area contributed by atoms with Crippen molar-refractivity contribution in [3.05, 3.63) is 0 Å². The minimum atomic E-state index is -3.13. The number of rotatable bonds is 5. The Morgan fingerprint density at radius 2 is 1.72 bits per heavy atom. The predicted molar refractivity (Wildman–Crippen MR) is 101 cm³/mol. The van der Waals surface area contributed by atoms with Gasteiger partial charge in [-0.05, 0) is 38.5 Å². The van der Waals surface area contributed by atoms with Gasteiger partial charge in [-0.15, -0.1) is 12.4 Å². The first-order valence-corrected chi connectivity index (χ1v) is 11.1.